The molecule has 0 unspecified atom stereocenters. The van der Waals surface area contributed by atoms with E-state index in [9.17, 15) is 13.2 Å². The number of unbranched alkanes of at least 4 members (excludes halogenated alkanes) is 1. The van der Waals surface area contributed by atoms with Crippen molar-refractivity contribution in [1.82, 2.24) is 0 Å². The van der Waals surface area contributed by atoms with Gasteiger partial charge in [0.1, 0.15) is 0 Å². The predicted octanol–water partition coefficient (Wildman–Crippen LogP) is 2.48. The van der Waals surface area contributed by atoms with E-state index in [0.29, 0.717) is 39.6 Å². The SMILES string of the molecule is CCCCOC(=O)CCOCCOCCOCCOS(=O)(=O)c1ccc(C)cc1. The fourth-order valence-corrected chi connectivity index (χ4v) is 2.97. The Morgan fingerprint density at radius 1 is 0.828 bits per heavy atom. The molecule has 0 fully saturated rings. The highest BCUT2D eigenvalue weighted by molar-refractivity contribution is 7.86. The summed E-state index contributed by atoms with van der Waals surface area (Å²) in [6, 6.07) is 6.45. The maximum absolute atomic E-state index is 12.0. The molecule has 0 N–H and O–H groups in total. The number of ether oxygens (including phenoxy) is 4. The number of carbonyl (C=O) groups is 1. The first kappa shape index (κ1) is 25.5. The molecule has 8 nitrogen and oxygen atoms in total. The van der Waals surface area contributed by atoms with Gasteiger partial charge in [-0.3, -0.25) is 8.98 Å². The molecule has 0 aliphatic carbocycles. The summed E-state index contributed by atoms with van der Waals surface area (Å²) in [4.78, 5) is 11.5. The Kier molecular flexibility index (Phi) is 13.5. The zero-order chi connectivity index (χ0) is 21.4. The summed E-state index contributed by atoms with van der Waals surface area (Å²) in [6.45, 7) is 6.19. The maximum atomic E-state index is 12.0. The topological polar surface area (TPSA) is 97.4 Å². The van der Waals surface area contributed by atoms with Crippen molar-refractivity contribution in [3.8, 4) is 0 Å². The summed E-state index contributed by atoms with van der Waals surface area (Å²) < 4.78 is 49.8. The number of hydrogen-bond donors (Lipinski definition) is 0. The molecule has 0 spiro atoms. The van der Waals surface area contributed by atoms with E-state index in [4.69, 9.17) is 23.1 Å². The van der Waals surface area contributed by atoms with Crippen LogP contribution in [0.15, 0.2) is 29.2 Å². The average Bonchev–Trinajstić information content (AvgIpc) is 2.69. The molecule has 166 valence electrons. The number of hydrogen-bond acceptors (Lipinski definition) is 8. The first-order chi connectivity index (χ1) is 14.0. The minimum atomic E-state index is -3.76. The van der Waals surface area contributed by atoms with E-state index in [0.717, 1.165) is 18.4 Å². The Morgan fingerprint density at radius 3 is 1.97 bits per heavy atom. The second-order valence-corrected chi connectivity index (χ2v) is 7.87. The van der Waals surface area contributed by atoms with Crippen LogP contribution in [-0.2, 0) is 38.0 Å². The van der Waals surface area contributed by atoms with Gasteiger partial charge in [-0.25, -0.2) is 0 Å². The van der Waals surface area contributed by atoms with Gasteiger partial charge in [-0.2, -0.15) is 8.42 Å². The highest BCUT2D eigenvalue weighted by Gasteiger charge is 2.14. The van der Waals surface area contributed by atoms with Crippen LogP contribution >= 0.6 is 0 Å². The van der Waals surface area contributed by atoms with Gasteiger partial charge < -0.3 is 18.9 Å². The van der Waals surface area contributed by atoms with Crippen LogP contribution in [0, 0.1) is 6.92 Å². The molecule has 0 aromatic heterocycles. The fraction of sp³-hybridized carbons (Fsp3) is 0.650. The smallest absolute Gasteiger partial charge is 0.308 e. The quantitative estimate of drug-likeness (QED) is 0.210. The predicted molar refractivity (Wildman–Crippen MR) is 107 cm³/mol. The third kappa shape index (κ3) is 12.6. The Bertz CT molecular complexity index is 658. The summed E-state index contributed by atoms with van der Waals surface area (Å²) in [5, 5.41) is 0. The van der Waals surface area contributed by atoms with E-state index >= 15 is 0 Å². The van der Waals surface area contributed by atoms with Crippen molar-refractivity contribution in [2.24, 2.45) is 0 Å². The lowest BCUT2D eigenvalue weighted by Gasteiger charge is -2.08. The maximum Gasteiger partial charge on any atom is 0.308 e. The van der Waals surface area contributed by atoms with Crippen molar-refractivity contribution in [3.63, 3.8) is 0 Å². The molecule has 9 heteroatoms. The fourth-order valence-electron chi connectivity index (χ4n) is 2.08. The van der Waals surface area contributed by atoms with Crippen LogP contribution in [0.25, 0.3) is 0 Å². The van der Waals surface area contributed by atoms with Crippen LogP contribution in [0.4, 0.5) is 0 Å². The standard InChI is InChI=1S/C20H32O8S/c1-3-4-10-27-20(21)9-11-24-12-13-25-14-15-26-16-17-28-29(22,23)19-7-5-18(2)6-8-19/h5-8H,3-4,9-17H2,1-2H3. The van der Waals surface area contributed by atoms with E-state index in [1.165, 1.54) is 12.1 Å². The summed E-state index contributed by atoms with van der Waals surface area (Å²) in [7, 11) is -3.76. The van der Waals surface area contributed by atoms with Crippen LogP contribution in [0.5, 0.6) is 0 Å². The van der Waals surface area contributed by atoms with Crippen molar-refractivity contribution in [2.75, 3.05) is 52.9 Å². The van der Waals surface area contributed by atoms with E-state index in [-0.39, 0.29) is 30.5 Å². The van der Waals surface area contributed by atoms with Crippen molar-refractivity contribution in [3.05, 3.63) is 29.8 Å². The Hall–Kier alpha value is -1.52. The van der Waals surface area contributed by atoms with Gasteiger partial charge in [0.25, 0.3) is 10.1 Å². The highest BCUT2D eigenvalue weighted by atomic mass is 32.2. The van der Waals surface area contributed by atoms with Crippen LogP contribution in [0.2, 0.25) is 0 Å². The third-order valence-electron chi connectivity index (χ3n) is 3.73. The molecule has 0 atom stereocenters. The molecular formula is C20H32O8S. The minimum absolute atomic E-state index is 0.0618. The molecule has 1 aromatic carbocycles. The second kappa shape index (κ2) is 15.3. The first-order valence-corrected chi connectivity index (χ1v) is 11.2. The van der Waals surface area contributed by atoms with Crippen molar-refractivity contribution < 1.29 is 36.3 Å². The monoisotopic (exact) mass is 432 g/mol. The molecule has 0 aliphatic rings. The van der Waals surface area contributed by atoms with Crippen LogP contribution in [0.3, 0.4) is 0 Å². The van der Waals surface area contributed by atoms with E-state index in [1.807, 2.05) is 13.8 Å². The van der Waals surface area contributed by atoms with Gasteiger partial charge in [0.15, 0.2) is 0 Å². The Morgan fingerprint density at radius 2 is 1.38 bits per heavy atom. The summed E-state index contributed by atoms with van der Waals surface area (Å²) in [6.07, 6.45) is 2.10. The molecule has 0 radical (unpaired) electrons. The lowest BCUT2D eigenvalue weighted by Crippen LogP contribution is -2.15. The Labute approximate surface area is 173 Å². The highest BCUT2D eigenvalue weighted by Crippen LogP contribution is 2.12. The number of aryl methyl sites for hydroxylation is 1. The molecule has 0 saturated heterocycles. The van der Waals surface area contributed by atoms with Gasteiger partial charge in [-0.05, 0) is 25.5 Å². The molecule has 29 heavy (non-hydrogen) atoms. The normalized spacial score (nSPS) is 11.5. The molecule has 0 bridgehead atoms. The second-order valence-electron chi connectivity index (χ2n) is 6.25. The van der Waals surface area contributed by atoms with E-state index < -0.39 is 10.1 Å². The van der Waals surface area contributed by atoms with Gasteiger partial charge in [-0.1, -0.05) is 31.0 Å². The van der Waals surface area contributed by atoms with Crippen molar-refractivity contribution in [2.45, 2.75) is 38.0 Å². The van der Waals surface area contributed by atoms with E-state index in [2.05, 4.69) is 0 Å². The summed E-state index contributed by atoms with van der Waals surface area (Å²) in [5.74, 6) is -0.251. The van der Waals surface area contributed by atoms with Gasteiger partial charge in [0.2, 0.25) is 0 Å². The molecule has 0 amide bonds. The van der Waals surface area contributed by atoms with Gasteiger partial charge in [0.05, 0.1) is 64.2 Å². The first-order valence-electron chi connectivity index (χ1n) is 9.80. The number of benzene rings is 1. The Balaban J connectivity index is 1.92. The number of carbonyl (C=O) groups excluding carboxylic acids is 1. The van der Waals surface area contributed by atoms with Crippen molar-refractivity contribution in [1.29, 1.82) is 0 Å². The lowest BCUT2D eigenvalue weighted by molar-refractivity contribution is -0.145. The van der Waals surface area contributed by atoms with Crippen LogP contribution < -0.4 is 0 Å². The molecular weight excluding hydrogens is 400 g/mol. The molecule has 0 saturated carbocycles. The van der Waals surface area contributed by atoms with Crippen molar-refractivity contribution >= 4 is 16.1 Å². The zero-order valence-corrected chi connectivity index (χ0v) is 18.1. The summed E-state index contributed by atoms with van der Waals surface area (Å²) in [5.41, 5.74) is 0.975. The molecule has 0 heterocycles. The number of esters is 1. The van der Waals surface area contributed by atoms with Crippen LogP contribution in [0.1, 0.15) is 31.7 Å². The largest absolute Gasteiger partial charge is 0.466 e. The van der Waals surface area contributed by atoms with E-state index in [1.54, 1.807) is 12.1 Å². The molecule has 1 aromatic rings. The zero-order valence-electron chi connectivity index (χ0n) is 17.3. The van der Waals surface area contributed by atoms with Crippen LogP contribution in [-0.4, -0.2) is 67.2 Å². The lowest BCUT2D eigenvalue weighted by atomic mass is 10.2. The molecule has 0 aliphatic heterocycles. The van der Waals surface area contributed by atoms with Gasteiger partial charge >= 0.3 is 5.97 Å². The average molecular weight is 433 g/mol. The van der Waals surface area contributed by atoms with Gasteiger partial charge in [0, 0.05) is 0 Å². The number of rotatable bonds is 17. The van der Waals surface area contributed by atoms with Gasteiger partial charge in [-0.15, -0.1) is 0 Å². The summed E-state index contributed by atoms with van der Waals surface area (Å²) >= 11 is 0. The minimum Gasteiger partial charge on any atom is -0.466 e. The molecule has 1 rings (SSSR count). The third-order valence-corrected chi connectivity index (χ3v) is 5.06.